The molecule has 9 nitrogen and oxygen atoms in total. The number of carbonyl (C=O) groups is 1. The van der Waals surface area contributed by atoms with Crippen LogP contribution in [0, 0.1) is 5.82 Å². The second kappa shape index (κ2) is 7.95. The fourth-order valence-electron chi connectivity index (χ4n) is 3.11. The largest absolute Gasteiger partial charge is 0.416 e. The van der Waals surface area contributed by atoms with E-state index in [1.54, 1.807) is 0 Å². The maximum absolute atomic E-state index is 14.2. The number of nitrogens with one attached hydrogen (secondary N) is 1. The Morgan fingerprint density at radius 2 is 1.94 bits per heavy atom. The first-order valence-electron chi connectivity index (χ1n) is 9.14. The molecule has 4 aromatic rings. The Morgan fingerprint density at radius 1 is 1.21 bits per heavy atom. The van der Waals surface area contributed by atoms with Gasteiger partial charge in [-0.15, -0.1) is 11.3 Å². The summed E-state index contributed by atoms with van der Waals surface area (Å²) in [6.07, 6.45) is -5.07. The van der Waals surface area contributed by atoms with E-state index >= 15 is 0 Å². The Kier molecular flexibility index (Phi) is 5.40. The minimum Gasteiger partial charge on any atom is -0.337 e. The van der Waals surface area contributed by atoms with Gasteiger partial charge in [-0.05, 0) is 18.2 Å². The number of benzene rings is 1. The summed E-state index contributed by atoms with van der Waals surface area (Å²) in [5.74, 6) is -1.74. The maximum atomic E-state index is 14.2. The Labute approximate surface area is 184 Å². The zero-order valence-electron chi connectivity index (χ0n) is 16.9. The first-order chi connectivity index (χ1) is 15.5. The van der Waals surface area contributed by atoms with Crippen molar-refractivity contribution in [3.8, 4) is 11.3 Å². The van der Waals surface area contributed by atoms with Crippen LogP contribution in [-0.2, 0) is 31.5 Å². The Balaban J connectivity index is 1.55. The molecular weight excluding hydrogens is 470 g/mol. The van der Waals surface area contributed by atoms with E-state index < -0.39 is 34.7 Å². The molecule has 0 aliphatic carbocycles. The molecule has 0 saturated heterocycles. The summed E-state index contributed by atoms with van der Waals surface area (Å²) in [5, 5.41) is 7.57. The predicted molar refractivity (Wildman–Crippen MR) is 109 cm³/mol. The van der Waals surface area contributed by atoms with E-state index in [0.29, 0.717) is 6.07 Å². The summed E-state index contributed by atoms with van der Waals surface area (Å²) < 4.78 is 59.3. The molecule has 3 aromatic heterocycles. The van der Waals surface area contributed by atoms with Crippen LogP contribution in [0.4, 0.5) is 22.7 Å². The number of aryl methyl sites for hydroxylation is 1. The van der Waals surface area contributed by atoms with Gasteiger partial charge in [0.15, 0.2) is 5.13 Å². The Morgan fingerprint density at radius 3 is 2.61 bits per heavy atom. The van der Waals surface area contributed by atoms with Gasteiger partial charge >= 0.3 is 11.9 Å². The summed E-state index contributed by atoms with van der Waals surface area (Å²) >= 11 is 0.930. The number of thiazole rings is 1. The molecule has 0 bridgehead atoms. The van der Waals surface area contributed by atoms with Crippen molar-refractivity contribution in [2.24, 2.45) is 14.1 Å². The van der Waals surface area contributed by atoms with Gasteiger partial charge in [0, 0.05) is 25.0 Å². The van der Waals surface area contributed by atoms with Crippen LogP contribution in [0.1, 0.15) is 11.3 Å². The summed E-state index contributed by atoms with van der Waals surface area (Å²) in [7, 11) is 2.66. The molecule has 4 rings (SSSR count). The van der Waals surface area contributed by atoms with Gasteiger partial charge in [-0.25, -0.2) is 14.2 Å². The molecule has 0 aliphatic heterocycles. The van der Waals surface area contributed by atoms with E-state index in [4.69, 9.17) is 4.52 Å². The van der Waals surface area contributed by atoms with Crippen molar-refractivity contribution in [1.29, 1.82) is 0 Å². The van der Waals surface area contributed by atoms with Gasteiger partial charge in [-0.3, -0.25) is 18.7 Å². The molecule has 1 aromatic carbocycles. The van der Waals surface area contributed by atoms with Crippen LogP contribution >= 0.6 is 11.3 Å². The van der Waals surface area contributed by atoms with E-state index in [0.717, 1.165) is 32.6 Å². The predicted octanol–water partition coefficient (Wildman–Crippen LogP) is 2.69. The Hall–Kier alpha value is -3.81. The molecule has 172 valence electrons. The number of fused-ring (bicyclic) bond motifs is 1. The number of aromatic nitrogens is 4. The number of halogens is 4. The molecule has 3 heterocycles. The van der Waals surface area contributed by atoms with Crippen LogP contribution in [0.2, 0.25) is 0 Å². The zero-order valence-corrected chi connectivity index (χ0v) is 17.7. The topological polar surface area (TPSA) is 112 Å². The smallest absolute Gasteiger partial charge is 0.337 e. The molecule has 0 fully saturated rings. The molecule has 1 N–H and O–H groups in total. The van der Waals surface area contributed by atoms with Crippen LogP contribution in [0.15, 0.2) is 37.7 Å². The Bertz CT molecular complexity index is 1520. The fourth-order valence-corrected chi connectivity index (χ4v) is 3.84. The van der Waals surface area contributed by atoms with E-state index in [-0.39, 0.29) is 39.6 Å². The van der Waals surface area contributed by atoms with Crippen LogP contribution in [0.25, 0.3) is 22.4 Å². The van der Waals surface area contributed by atoms with Crippen molar-refractivity contribution < 1.29 is 26.9 Å². The van der Waals surface area contributed by atoms with E-state index in [2.05, 4.69) is 15.5 Å². The lowest BCUT2D eigenvalue weighted by Crippen LogP contribution is -2.36. The van der Waals surface area contributed by atoms with Gasteiger partial charge in [0.05, 0.1) is 17.7 Å². The fraction of sp³-hybridized carbons (Fsp3) is 0.211. The molecule has 0 spiro atoms. The average molecular weight is 483 g/mol. The van der Waals surface area contributed by atoms with E-state index in [1.165, 1.54) is 19.5 Å². The number of hydrogen-bond acceptors (Lipinski definition) is 7. The maximum Gasteiger partial charge on any atom is 0.416 e. The van der Waals surface area contributed by atoms with Gasteiger partial charge in [0.25, 0.3) is 5.56 Å². The highest BCUT2D eigenvalue weighted by atomic mass is 32.1. The molecular formula is C19H13F4N5O4S. The summed E-state index contributed by atoms with van der Waals surface area (Å²) in [6, 6.07) is 2.07. The quantitative estimate of drug-likeness (QED) is 0.447. The van der Waals surface area contributed by atoms with Gasteiger partial charge < -0.3 is 9.84 Å². The van der Waals surface area contributed by atoms with Gasteiger partial charge in [-0.1, -0.05) is 5.16 Å². The van der Waals surface area contributed by atoms with Crippen LogP contribution < -0.4 is 16.6 Å². The number of alkyl halides is 3. The summed E-state index contributed by atoms with van der Waals surface area (Å²) in [5.41, 5.74) is -2.62. The van der Waals surface area contributed by atoms with Gasteiger partial charge in [0.1, 0.15) is 16.9 Å². The van der Waals surface area contributed by atoms with Crippen molar-refractivity contribution in [1.82, 2.24) is 19.3 Å². The lowest BCUT2D eigenvalue weighted by Gasteiger charge is -2.08. The minimum atomic E-state index is -4.68. The minimum absolute atomic E-state index is 0.00395. The number of amides is 1. The van der Waals surface area contributed by atoms with Crippen molar-refractivity contribution in [2.75, 3.05) is 5.32 Å². The average Bonchev–Trinajstić information content (AvgIpc) is 3.37. The number of anilines is 1. The molecule has 0 atom stereocenters. The first kappa shape index (κ1) is 22.4. The van der Waals surface area contributed by atoms with Crippen molar-refractivity contribution >= 4 is 33.5 Å². The highest BCUT2D eigenvalue weighted by molar-refractivity contribution is 7.14. The van der Waals surface area contributed by atoms with Gasteiger partial charge in [-0.2, -0.15) is 13.2 Å². The molecule has 33 heavy (non-hydrogen) atoms. The van der Waals surface area contributed by atoms with Crippen LogP contribution in [-0.4, -0.2) is 25.2 Å². The van der Waals surface area contributed by atoms with Crippen LogP contribution in [0.3, 0.4) is 0 Å². The standard InChI is InChI=1S/C19H13F4N5O4S/c1-27-15(30)14-11(26-32-16(14)28(2)18(27)31)6-13(29)25-17-24-12(7-33-17)9-4-3-8(5-10(9)20)19(21,22)23/h3-5,7H,6H2,1-2H3,(H,24,25,29). The molecule has 1 amide bonds. The SMILES string of the molecule is Cn1c(=O)c2c(CC(=O)Nc3nc(-c4ccc(C(F)(F)F)cc4F)cs3)noc2n(C)c1=O. The summed E-state index contributed by atoms with van der Waals surface area (Å²) in [6.45, 7) is 0. The molecule has 0 saturated carbocycles. The van der Waals surface area contributed by atoms with Gasteiger partial charge in [0.2, 0.25) is 11.6 Å². The highest BCUT2D eigenvalue weighted by Gasteiger charge is 2.31. The van der Waals surface area contributed by atoms with Crippen molar-refractivity contribution in [3.63, 3.8) is 0 Å². The highest BCUT2D eigenvalue weighted by Crippen LogP contribution is 2.33. The monoisotopic (exact) mass is 483 g/mol. The molecule has 0 radical (unpaired) electrons. The van der Waals surface area contributed by atoms with E-state index in [9.17, 15) is 31.9 Å². The number of nitrogens with zero attached hydrogens (tertiary/aromatic N) is 4. The third-order valence-electron chi connectivity index (χ3n) is 4.79. The third kappa shape index (κ3) is 4.04. The van der Waals surface area contributed by atoms with Crippen molar-refractivity contribution in [2.45, 2.75) is 12.6 Å². The third-order valence-corrected chi connectivity index (χ3v) is 5.55. The van der Waals surface area contributed by atoms with Crippen molar-refractivity contribution in [3.05, 3.63) is 61.5 Å². The molecule has 0 aliphatic rings. The second-order valence-corrected chi connectivity index (χ2v) is 7.83. The number of hydrogen-bond donors (Lipinski definition) is 1. The zero-order chi connectivity index (χ0) is 24.1. The summed E-state index contributed by atoms with van der Waals surface area (Å²) in [4.78, 5) is 40.8. The normalized spacial score (nSPS) is 11.8. The lowest BCUT2D eigenvalue weighted by molar-refractivity contribution is -0.137. The number of carbonyl (C=O) groups excluding carboxylic acids is 1. The lowest BCUT2D eigenvalue weighted by atomic mass is 10.1. The first-order valence-corrected chi connectivity index (χ1v) is 10.0. The van der Waals surface area contributed by atoms with Crippen LogP contribution in [0.5, 0.6) is 0 Å². The van der Waals surface area contributed by atoms with E-state index in [1.807, 2.05) is 0 Å². The molecule has 0 unspecified atom stereocenters. The second-order valence-electron chi connectivity index (χ2n) is 6.97. The molecule has 14 heteroatoms. The number of rotatable bonds is 4.